The van der Waals surface area contributed by atoms with Crippen LogP contribution in [0.15, 0.2) is 41.1 Å². The van der Waals surface area contributed by atoms with Crippen LogP contribution in [-0.4, -0.2) is 18.6 Å². The lowest BCUT2D eigenvalue weighted by Gasteiger charge is -2.02. The Kier molecular flexibility index (Phi) is 5.59. The van der Waals surface area contributed by atoms with E-state index < -0.39 is 0 Å². The highest BCUT2D eigenvalue weighted by molar-refractivity contribution is 5.09. The van der Waals surface area contributed by atoms with Gasteiger partial charge in [0.1, 0.15) is 18.1 Å². The minimum Gasteiger partial charge on any atom is -0.462 e. The fraction of sp³-hybridized carbons (Fsp3) is 0.400. The average Bonchev–Trinajstić information content (AvgIpc) is 2.88. The van der Waals surface area contributed by atoms with Gasteiger partial charge in [-0.15, -0.1) is 0 Å². The molecule has 0 atom stereocenters. The monoisotopic (exact) mass is 260 g/mol. The van der Waals surface area contributed by atoms with Crippen molar-refractivity contribution >= 4 is 0 Å². The minimum absolute atomic E-state index is 0.542. The number of hydrogen-bond donors (Lipinski definition) is 1. The first-order chi connectivity index (χ1) is 9.38. The lowest BCUT2D eigenvalue weighted by molar-refractivity contribution is 0.103. The van der Waals surface area contributed by atoms with Crippen molar-refractivity contribution in [3.8, 4) is 0 Å². The Hall–Kier alpha value is -1.65. The highest BCUT2D eigenvalue weighted by Crippen LogP contribution is 2.09. The quantitative estimate of drug-likeness (QED) is 0.741. The van der Waals surface area contributed by atoms with Crippen LogP contribution in [0.3, 0.4) is 0 Å². The molecule has 0 saturated heterocycles. The fourth-order valence-corrected chi connectivity index (χ4v) is 1.87. The van der Waals surface area contributed by atoms with E-state index in [2.05, 4.69) is 10.3 Å². The summed E-state index contributed by atoms with van der Waals surface area (Å²) < 4.78 is 11.2. The molecule has 0 spiro atoms. The summed E-state index contributed by atoms with van der Waals surface area (Å²) in [5.41, 5.74) is 1.30. The van der Waals surface area contributed by atoms with Gasteiger partial charge < -0.3 is 14.5 Å². The molecule has 2 rings (SSSR count). The molecule has 19 heavy (non-hydrogen) atoms. The molecule has 0 radical (unpaired) electrons. The summed E-state index contributed by atoms with van der Waals surface area (Å²) >= 11 is 0. The van der Waals surface area contributed by atoms with Gasteiger partial charge in [-0.25, -0.2) is 0 Å². The molecule has 2 aromatic rings. The van der Waals surface area contributed by atoms with Crippen molar-refractivity contribution in [3.05, 3.63) is 53.7 Å². The SMILES string of the molecule is CNCc1ccc(COCCCc2ccncc2)o1. The highest BCUT2D eigenvalue weighted by Gasteiger charge is 2.01. The Labute approximate surface area is 113 Å². The summed E-state index contributed by atoms with van der Waals surface area (Å²) in [6, 6.07) is 8.02. The van der Waals surface area contributed by atoms with E-state index >= 15 is 0 Å². The van der Waals surface area contributed by atoms with Crippen LogP contribution in [0.2, 0.25) is 0 Å². The number of nitrogens with zero attached hydrogens (tertiary/aromatic N) is 1. The molecule has 2 heterocycles. The van der Waals surface area contributed by atoms with Gasteiger partial charge in [0, 0.05) is 19.0 Å². The molecule has 102 valence electrons. The lowest BCUT2D eigenvalue weighted by Crippen LogP contribution is -2.03. The van der Waals surface area contributed by atoms with Gasteiger partial charge in [0.05, 0.1) is 6.54 Å². The summed E-state index contributed by atoms with van der Waals surface area (Å²) in [6.45, 7) is 2.03. The van der Waals surface area contributed by atoms with Crippen LogP contribution in [0.5, 0.6) is 0 Å². The van der Waals surface area contributed by atoms with Crippen LogP contribution in [0, 0.1) is 0 Å². The first-order valence-electron chi connectivity index (χ1n) is 6.57. The number of aryl methyl sites for hydroxylation is 1. The van der Waals surface area contributed by atoms with Crippen LogP contribution in [0.4, 0.5) is 0 Å². The fourth-order valence-electron chi connectivity index (χ4n) is 1.87. The number of pyridine rings is 1. The number of ether oxygens (including phenoxy) is 1. The van der Waals surface area contributed by atoms with Crippen LogP contribution in [0.1, 0.15) is 23.5 Å². The maximum atomic E-state index is 5.60. The second kappa shape index (κ2) is 7.71. The molecule has 0 fully saturated rings. The van der Waals surface area contributed by atoms with E-state index in [1.807, 2.05) is 43.7 Å². The Morgan fingerprint density at radius 3 is 2.74 bits per heavy atom. The summed E-state index contributed by atoms with van der Waals surface area (Å²) in [5.74, 6) is 1.83. The molecule has 0 bridgehead atoms. The molecular weight excluding hydrogens is 240 g/mol. The van der Waals surface area contributed by atoms with Crippen molar-refractivity contribution in [1.29, 1.82) is 0 Å². The summed E-state index contributed by atoms with van der Waals surface area (Å²) in [5, 5.41) is 3.05. The van der Waals surface area contributed by atoms with Gasteiger partial charge in [-0.1, -0.05) is 0 Å². The molecule has 0 aromatic carbocycles. The Morgan fingerprint density at radius 2 is 1.95 bits per heavy atom. The van der Waals surface area contributed by atoms with Gasteiger partial charge >= 0.3 is 0 Å². The third-order valence-electron chi connectivity index (χ3n) is 2.82. The van der Waals surface area contributed by atoms with Gasteiger partial charge in [-0.2, -0.15) is 0 Å². The number of furan rings is 1. The van der Waals surface area contributed by atoms with Crippen molar-refractivity contribution in [2.75, 3.05) is 13.7 Å². The van der Waals surface area contributed by atoms with E-state index in [0.29, 0.717) is 6.61 Å². The molecule has 0 amide bonds. The maximum absolute atomic E-state index is 5.60. The minimum atomic E-state index is 0.542. The third kappa shape index (κ3) is 4.85. The van der Waals surface area contributed by atoms with Gasteiger partial charge in [0.15, 0.2) is 0 Å². The van der Waals surface area contributed by atoms with Crippen LogP contribution < -0.4 is 5.32 Å². The first-order valence-corrected chi connectivity index (χ1v) is 6.57. The van der Waals surface area contributed by atoms with E-state index in [1.54, 1.807) is 0 Å². The standard InChI is InChI=1S/C15H20N2O2/c1-16-11-14-4-5-15(19-14)12-18-10-2-3-13-6-8-17-9-7-13/h4-9,16H,2-3,10-12H2,1H3. The predicted octanol–water partition coefficient (Wildman–Crippen LogP) is 2.54. The second-order valence-corrected chi connectivity index (χ2v) is 4.41. The molecule has 0 saturated carbocycles. The summed E-state index contributed by atoms with van der Waals surface area (Å²) in [4.78, 5) is 4.00. The summed E-state index contributed by atoms with van der Waals surface area (Å²) in [6.07, 6.45) is 5.67. The van der Waals surface area contributed by atoms with Crippen LogP contribution >= 0.6 is 0 Å². The van der Waals surface area contributed by atoms with Crippen molar-refractivity contribution in [1.82, 2.24) is 10.3 Å². The molecule has 1 N–H and O–H groups in total. The Bertz CT molecular complexity index is 468. The van der Waals surface area contributed by atoms with Crippen molar-refractivity contribution in [3.63, 3.8) is 0 Å². The zero-order valence-electron chi connectivity index (χ0n) is 11.3. The van der Waals surface area contributed by atoms with E-state index in [9.17, 15) is 0 Å². The first kappa shape index (κ1) is 13.8. The van der Waals surface area contributed by atoms with Gasteiger partial charge in [0.2, 0.25) is 0 Å². The second-order valence-electron chi connectivity index (χ2n) is 4.41. The van der Waals surface area contributed by atoms with Gasteiger partial charge in [-0.3, -0.25) is 4.98 Å². The van der Waals surface area contributed by atoms with Gasteiger partial charge in [0.25, 0.3) is 0 Å². The number of nitrogens with one attached hydrogen (secondary N) is 1. The van der Waals surface area contributed by atoms with E-state index in [-0.39, 0.29) is 0 Å². The van der Waals surface area contributed by atoms with Crippen LogP contribution in [0.25, 0.3) is 0 Å². The number of aromatic nitrogens is 1. The van der Waals surface area contributed by atoms with E-state index in [0.717, 1.165) is 37.5 Å². The van der Waals surface area contributed by atoms with Gasteiger partial charge in [-0.05, 0) is 49.7 Å². The average molecular weight is 260 g/mol. The molecule has 0 aliphatic heterocycles. The molecular formula is C15H20N2O2. The normalized spacial score (nSPS) is 10.8. The number of hydrogen-bond acceptors (Lipinski definition) is 4. The Morgan fingerprint density at radius 1 is 1.16 bits per heavy atom. The molecule has 4 heteroatoms. The topological polar surface area (TPSA) is 47.3 Å². The van der Waals surface area contributed by atoms with Crippen molar-refractivity contribution in [2.24, 2.45) is 0 Å². The predicted molar refractivity (Wildman–Crippen MR) is 73.7 cm³/mol. The zero-order valence-corrected chi connectivity index (χ0v) is 11.3. The summed E-state index contributed by atoms with van der Waals surface area (Å²) in [7, 11) is 1.90. The van der Waals surface area contributed by atoms with Crippen molar-refractivity contribution in [2.45, 2.75) is 26.0 Å². The molecule has 2 aromatic heterocycles. The zero-order chi connectivity index (χ0) is 13.3. The Balaban J connectivity index is 1.61. The maximum Gasteiger partial charge on any atom is 0.129 e. The number of rotatable bonds is 8. The van der Waals surface area contributed by atoms with Crippen LogP contribution in [-0.2, 0) is 24.3 Å². The van der Waals surface area contributed by atoms with E-state index in [4.69, 9.17) is 9.15 Å². The molecule has 4 nitrogen and oxygen atoms in total. The smallest absolute Gasteiger partial charge is 0.129 e. The molecule has 0 aliphatic rings. The lowest BCUT2D eigenvalue weighted by atomic mass is 10.1. The largest absolute Gasteiger partial charge is 0.462 e. The molecule has 0 aliphatic carbocycles. The van der Waals surface area contributed by atoms with Crippen molar-refractivity contribution < 1.29 is 9.15 Å². The highest BCUT2D eigenvalue weighted by atomic mass is 16.5. The molecule has 0 unspecified atom stereocenters. The third-order valence-corrected chi connectivity index (χ3v) is 2.82. The van der Waals surface area contributed by atoms with E-state index in [1.165, 1.54) is 5.56 Å².